The number of hydrogen-bond acceptors (Lipinski definition) is 3. The van der Waals surface area contributed by atoms with Crippen LogP contribution in [-0.2, 0) is 21.5 Å². The summed E-state index contributed by atoms with van der Waals surface area (Å²) in [5.41, 5.74) is 3.06. The highest BCUT2D eigenvalue weighted by Crippen LogP contribution is 2.52. The number of methoxy groups -OCH3 is 1. The van der Waals surface area contributed by atoms with E-state index in [1.54, 1.807) is 7.11 Å². The molecule has 2 aromatic carbocycles. The first-order valence-electron chi connectivity index (χ1n) is 8.90. The molecule has 1 fully saturated rings. The fourth-order valence-corrected chi connectivity index (χ4v) is 4.38. The summed E-state index contributed by atoms with van der Waals surface area (Å²) < 4.78 is 11.2. The molecular formula is C21H23NO3. The zero-order valence-electron chi connectivity index (χ0n) is 14.7. The normalized spacial score (nSPS) is 24.8. The summed E-state index contributed by atoms with van der Waals surface area (Å²) in [5, 5.41) is 0. The molecule has 1 aliphatic heterocycles. The molecule has 1 heterocycles. The monoisotopic (exact) mass is 337 g/mol. The van der Waals surface area contributed by atoms with Crippen LogP contribution >= 0.6 is 0 Å². The van der Waals surface area contributed by atoms with Gasteiger partial charge in [0.2, 0.25) is 0 Å². The van der Waals surface area contributed by atoms with E-state index in [1.807, 2.05) is 36.1 Å². The number of aryl methyl sites for hydroxylation is 1. The Morgan fingerprint density at radius 3 is 2.64 bits per heavy atom. The highest BCUT2D eigenvalue weighted by molar-refractivity contribution is 6.07. The van der Waals surface area contributed by atoms with E-state index in [9.17, 15) is 4.79 Å². The van der Waals surface area contributed by atoms with Crippen molar-refractivity contribution in [2.75, 3.05) is 18.6 Å². The Balaban J connectivity index is 1.82. The molecule has 0 saturated carbocycles. The van der Waals surface area contributed by atoms with Crippen molar-refractivity contribution < 1.29 is 14.3 Å². The number of β-lactam (4-membered cyclic amide) rings is 1. The largest absolute Gasteiger partial charge is 0.497 e. The number of ether oxygens (including phenoxy) is 2. The number of hydrogen-bond donors (Lipinski definition) is 0. The third-order valence-electron chi connectivity index (χ3n) is 5.43. The van der Waals surface area contributed by atoms with Crippen LogP contribution in [0, 0.1) is 0 Å². The van der Waals surface area contributed by atoms with E-state index >= 15 is 0 Å². The van der Waals surface area contributed by atoms with E-state index in [0.717, 1.165) is 30.7 Å². The third-order valence-corrected chi connectivity index (χ3v) is 5.43. The van der Waals surface area contributed by atoms with E-state index in [4.69, 9.17) is 9.47 Å². The summed E-state index contributed by atoms with van der Waals surface area (Å²) in [6.07, 6.45) is 2.63. The van der Waals surface area contributed by atoms with Gasteiger partial charge < -0.3 is 9.47 Å². The fourth-order valence-electron chi connectivity index (χ4n) is 4.38. The number of nitrogens with zero attached hydrogens (tertiary/aromatic N) is 1. The van der Waals surface area contributed by atoms with Gasteiger partial charge in [-0.15, -0.1) is 0 Å². The second-order valence-electron chi connectivity index (χ2n) is 6.64. The molecule has 4 rings (SSSR count). The molecule has 1 spiro atoms. The van der Waals surface area contributed by atoms with Crippen molar-refractivity contribution in [1.29, 1.82) is 0 Å². The average molecular weight is 337 g/mol. The van der Waals surface area contributed by atoms with Crippen molar-refractivity contribution in [3.63, 3.8) is 0 Å². The molecule has 2 atom stereocenters. The fraction of sp³-hybridized carbons (Fsp3) is 0.381. The van der Waals surface area contributed by atoms with Crippen molar-refractivity contribution in [3.05, 3.63) is 59.7 Å². The van der Waals surface area contributed by atoms with Crippen LogP contribution in [0.15, 0.2) is 48.5 Å². The zero-order chi connectivity index (χ0) is 17.4. The number of rotatable bonds is 4. The van der Waals surface area contributed by atoms with E-state index in [2.05, 4.69) is 24.3 Å². The Bertz CT molecular complexity index is 786. The van der Waals surface area contributed by atoms with Gasteiger partial charge in [-0.25, -0.2) is 0 Å². The smallest absolute Gasteiger partial charge is 0.259 e. The molecule has 0 aromatic heterocycles. The molecule has 2 unspecified atom stereocenters. The van der Waals surface area contributed by atoms with Gasteiger partial charge in [0.15, 0.2) is 6.10 Å². The lowest BCUT2D eigenvalue weighted by Crippen LogP contribution is -2.74. The van der Waals surface area contributed by atoms with Gasteiger partial charge in [0.05, 0.1) is 7.11 Å². The minimum atomic E-state index is -0.402. The van der Waals surface area contributed by atoms with Crippen LogP contribution in [0.4, 0.5) is 5.69 Å². The first-order chi connectivity index (χ1) is 12.2. The SMILES string of the molecule is CCOC1C(=O)N(c2ccc(OC)cc2)C12CCCc1ccccc12. The molecule has 0 bridgehead atoms. The van der Waals surface area contributed by atoms with Crippen LogP contribution in [0.3, 0.4) is 0 Å². The molecular weight excluding hydrogens is 314 g/mol. The van der Waals surface area contributed by atoms with E-state index in [0.29, 0.717) is 6.61 Å². The third kappa shape index (κ3) is 2.28. The van der Waals surface area contributed by atoms with Gasteiger partial charge in [-0.05, 0) is 61.6 Å². The summed E-state index contributed by atoms with van der Waals surface area (Å²) >= 11 is 0. The Morgan fingerprint density at radius 1 is 1.16 bits per heavy atom. The van der Waals surface area contributed by atoms with Crippen molar-refractivity contribution in [3.8, 4) is 5.75 Å². The second-order valence-corrected chi connectivity index (χ2v) is 6.64. The van der Waals surface area contributed by atoms with Crippen LogP contribution in [0.2, 0.25) is 0 Å². The molecule has 1 aliphatic carbocycles. The molecule has 0 N–H and O–H groups in total. The van der Waals surface area contributed by atoms with Gasteiger partial charge >= 0.3 is 0 Å². The van der Waals surface area contributed by atoms with Gasteiger partial charge in [-0.2, -0.15) is 0 Å². The number of anilines is 1. The number of carbonyl (C=O) groups is 1. The molecule has 25 heavy (non-hydrogen) atoms. The van der Waals surface area contributed by atoms with Crippen LogP contribution in [-0.4, -0.2) is 25.7 Å². The minimum absolute atomic E-state index is 0.0451. The van der Waals surface area contributed by atoms with E-state index in [-0.39, 0.29) is 5.91 Å². The molecule has 1 amide bonds. The molecule has 4 heteroatoms. The minimum Gasteiger partial charge on any atom is -0.497 e. The van der Waals surface area contributed by atoms with Crippen LogP contribution < -0.4 is 9.64 Å². The maximum Gasteiger partial charge on any atom is 0.259 e. The Labute approximate surface area is 148 Å². The quantitative estimate of drug-likeness (QED) is 0.799. The zero-order valence-corrected chi connectivity index (χ0v) is 14.7. The van der Waals surface area contributed by atoms with Gasteiger partial charge in [-0.1, -0.05) is 24.3 Å². The summed E-state index contributed by atoms with van der Waals surface area (Å²) in [6, 6.07) is 16.2. The number of fused-ring (bicyclic) bond motifs is 2. The molecule has 2 aromatic rings. The number of amides is 1. The highest BCUT2D eigenvalue weighted by atomic mass is 16.5. The summed E-state index contributed by atoms with van der Waals surface area (Å²) in [4.78, 5) is 14.9. The molecule has 130 valence electrons. The summed E-state index contributed by atoms with van der Waals surface area (Å²) in [5.74, 6) is 0.833. The van der Waals surface area contributed by atoms with Crippen molar-refractivity contribution in [2.24, 2.45) is 0 Å². The molecule has 0 radical (unpaired) electrons. The number of carbonyl (C=O) groups excluding carboxylic acids is 1. The Kier molecular flexibility index (Phi) is 4.00. The molecule has 4 nitrogen and oxygen atoms in total. The van der Waals surface area contributed by atoms with Crippen LogP contribution in [0.25, 0.3) is 0 Å². The molecule has 2 aliphatic rings. The topological polar surface area (TPSA) is 38.8 Å². The average Bonchev–Trinajstić information content (AvgIpc) is 2.67. The standard InChI is InChI=1S/C21H23NO3/c1-3-25-19-20(23)22(16-10-12-17(24-2)13-11-16)21(19)14-6-8-15-7-4-5-9-18(15)21/h4-5,7,9-13,19H,3,6,8,14H2,1-2H3. The van der Waals surface area contributed by atoms with E-state index < -0.39 is 11.6 Å². The lowest BCUT2D eigenvalue weighted by molar-refractivity contribution is -0.152. The van der Waals surface area contributed by atoms with Crippen LogP contribution in [0.5, 0.6) is 5.75 Å². The van der Waals surface area contributed by atoms with Crippen molar-refractivity contribution >= 4 is 11.6 Å². The lowest BCUT2D eigenvalue weighted by Gasteiger charge is -2.59. The van der Waals surface area contributed by atoms with E-state index in [1.165, 1.54) is 11.1 Å². The highest BCUT2D eigenvalue weighted by Gasteiger charge is 2.63. The predicted molar refractivity (Wildman–Crippen MR) is 97.0 cm³/mol. The maximum atomic E-state index is 13.0. The van der Waals surface area contributed by atoms with Crippen molar-refractivity contribution in [2.45, 2.75) is 37.8 Å². The second kappa shape index (κ2) is 6.19. The summed E-state index contributed by atoms with van der Waals surface area (Å²) in [6.45, 7) is 2.49. The van der Waals surface area contributed by atoms with Crippen molar-refractivity contribution in [1.82, 2.24) is 0 Å². The Hall–Kier alpha value is -2.33. The first kappa shape index (κ1) is 16.2. The predicted octanol–water partition coefficient (Wildman–Crippen LogP) is 3.68. The van der Waals surface area contributed by atoms with Gasteiger partial charge in [0.25, 0.3) is 5.91 Å². The van der Waals surface area contributed by atoms with Gasteiger partial charge in [0, 0.05) is 12.3 Å². The van der Waals surface area contributed by atoms with Crippen LogP contribution in [0.1, 0.15) is 30.9 Å². The molecule has 1 saturated heterocycles. The van der Waals surface area contributed by atoms with Gasteiger partial charge in [-0.3, -0.25) is 9.69 Å². The first-order valence-corrected chi connectivity index (χ1v) is 8.90. The maximum absolute atomic E-state index is 13.0. The number of benzene rings is 2. The summed E-state index contributed by atoms with van der Waals surface area (Å²) in [7, 11) is 1.65. The lowest BCUT2D eigenvalue weighted by atomic mass is 9.66. The Morgan fingerprint density at radius 2 is 1.92 bits per heavy atom. The van der Waals surface area contributed by atoms with Gasteiger partial charge in [0.1, 0.15) is 11.3 Å².